The fraction of sp³-hybridized carbons (Fsp3) is 0.200. The molecule has 0 atom stereocenters. The third-order valence-corrected chi connectivity index (χ3v) is 3.95. The molecular formula is C20H20N4O2. The van der Waals surface area contributed by atoms with E-state index in [1.54, 1.807) is 18.5 Å². The first-order valence-corrected chi connectivity index (χ1v) is 8.51. The third kappa shape index (κ3) is 4.86. The molecule has 1 amide bonds. The first-order chi connectivity index (χ1) is 12.7. The Hall–Kier alpha value is -3.28. The smallest absolute Gasteiger partial charge is 0.266 e. The van der Waals surface area contributed by atoms with E-state index in [0.717, 1.165) is 11.1 Å². The van der Waals surface area contributed by atoms with E-state index in [9.17, 15) is 9.59 Å². The maximum Gasteiger partial charge on any atom is 0.266 e. The molecule has 0 fully saturated rings. The van der Waals surface area contributed by atoms with Gasteiger partial charge in [0.2, 0.25) is 5.91 Å². The molecule has 132 valence electrons. The number of rotatable bonds is 7. The number of hydrogen-bond acceptors (Lipinski definition) is 4. The quantitative estimate of drug-likeness (QED) is 0.711. The molecular weight excluding hydrogens is 328 g/mol. The fourth-order valence-electron chi connectivity index (χ4n) is 2.56. The molecule has 0 unspecified atom stereocenters. The Morgan fingerprint density at radius 3 is 2.54 bits per heavy atom. The van der Waals surface area contributed by atoms with E-state index in [0.29, 0.717) is 31.6 Å². The van der Waals surface area contributed by atoms with Gasteiger partial charge in [-0.25, -0.2) is 4.68 Å². The third-order valence-electron chi connectivity index (χ3n) is 3.95. The van der Waals surface area contributed by atoms with Crippen LogP contribution in [0, 0.1) is 0 Å². The van der Waals surface area contributed by atoms with Crippen molar-refractivity contribution < 1.29 is 4.79 Å². The molecule has 0 spiro atoms. The van der Waals surface area contributed by atoms with Gasteiger partial charge in [-0.05, 0) is 30.2 Å². The van der Waals surface area contributed by atoms with Crippen molar-refractivity contribution in [3.8, 4) is 11.3 Å². The SMILES string of the molecule is O=C(CCCn1nc(-c2ccncc2)ccc1=O)NCc1ccccc1. The summed E-state index contributed by atoms with van der Waals surface area (Å²) >= 11 is 0. The molecule has 3 aromatic rings. The molecule has 0 aliphatic heterocycles. The summed E-state index contributed by atoms with van der Waals surface area (Å²) in [6, 6.07) is 16.6. The summed E-state index contributed by atoms with van der Waals surface area (Å²) in [5.41, 5.74) is 2.49. The molecule has 3 rings (SSSR count). The molecule has 0 bridgehead atoms. The van der Waals surface area contributed by atoms with Crippen molar-refractivity contribution in [3.05, 3.63) is 82.9 Å². The largest absolute Gasteiger partial charge is 0.352 e. The maximum atomic E-state index is 12.0. The van der Waals surface area contributed by atoms with Crippen LogP contribution in [0.4, 0.5) is 0 Å². The summed E-state index contributed by atoms with van der Waals surface area (Å²) in [4.78, 5) is 27.9. The Morgan fingerprint density at radius 1 is 1.00 bits per heavy atom. The van der Waals surface area contributed by atoms with Crippen LogP contribution in [0.1, 0.15) is 18.4 Å². The lowest BCUT2D eigenvalue weighted by Crippen LogP contribution is -2.25. The van der Waals surface area contributed by atoms with Crippen molar-refractivity contribution in [1.82, 2.24) is 20.1 Å². The van der Waals surface area contributed by atoms with Crippen molar-refractivity contribution in [2.45, 2.75) is 25.9 Å². The summed E-state index contributed by atoms with van der Waals surface area (Å²) in [6.45, 7) is 0.909. The Morgan fingerprint density at radius 2 is 1.77 bits per heavy atom. The molecule has 0 aliphatic rings. The van der Waals surface area contributed by atoms with E-state index in [1.165, 1.54) is 10.7 Å². The van der Waals surface area contributed by atoms with Crippen molar-refractivity contribution in [3.63, 3.8) is 0 Å². The van der Waals surface area contributed by atoms with Crippen LogP contribution in [0.25, 0.3) is 11.3 Å². The molecule has 0 saturated heterocycles. The first-order valence-electron chi connectivity index (χ1n) is 8.51. The second-order valence-corrected chi connectivity index (χ2v) is 5.88. The van der Waals surface area contributed by atoms with Crippen LogP contribution in [0.3, 0.4) is 0 Å². The number of aryl methyl sites for hydroxylation is 1. The van der Waals surface area contributed by atoms with Gasteiger partial charge in [0.15, 0.2) is 0 Å². The van der Waals surface area contributed by atoms with Crippen molar-refractivity contribution in [2.75, 3.05) is 0 Å². The summed E-state index contributed by atoms with van der Waals surface area (Å²) in [5, 5.41) is 7.26. The number of carbonyl (C=O) groups excluding carboxylic acids is 1. The summed E-state index contributed by atoms with van der Waals surface area (Å²) < 4.78 is 1.40. The van der Waals surface area contributed by atoms with Crippen LogP contribution >= 0.6 is 0 Å². The van der Waals surface area contributed by atoms with Gasteiger partial charge in [-0.15, -0.1) is 0 Å². The molecule has 0 saturated carbocycles. The zero-order valence-electron chi connectivity index (χ0n) is 14.3. The van der Waals surface area contributed by atoms with Gasteiger partial charge in [0, 0.05) is 43.5 Å². The molecule has 6 heteroatoms. The van der Waals surface area contributed by atoms with Crippen LogP contribution in [0.15, 0.2) is 71.8 Å². The van der Waals surface area contributed by atoms with Crippen molar-refractivity contribution >= 4 is 5.91 Å². The molecule has 1 aromatic carbocycles. The number of carbonyl (C=O) groups is 1. The average molecular weight is 348 g/mol. The number of hydrogen-bond donors (Lipinski definition) is 1. The molecule has 2 heterocycles. The van der Waals surface area contributed by atoms with Gasteiger partial charge in [-0.2, -0.15) is 5.10 Å². The van der Waals surface area contributed by atoms with Crippen molar-refractivity contribution in [2.24, 2.45) is 0 Å². The number of aromatic nitrogens is 3. The standard InChI is InChI=1S/C20H20N4O2/c25-19(22-15-16-5-2-1-3-6-16)7-4-14-24-20(26)9-8-18(23-24)17-10-12-21-13-11-17/h1-3,5-6,8-13H,4,7,14-15H2,(H,22,25). The van der Waals surface area contributed by atoms with E-state index in [4.69, 9.17) is 0 Å². The van der Waals surface area contributed by atoms with Crippen LogP contribution in [0.5, 0.6) is 0 Å². The number of pyridine rings is 1. The molecule has 0 aliphatic carbocycles. The number of nitrogens with one attached hydrogen (secondary N) is 1. The van der Waals surface area contributed by atoms with Gasteiger partial charge >= 0.3 is 0 Å². The first kappa shape index (κ1) is 17.5. The van der Waals surface area contributed by atoms with E-state index in [1.807, 2.05) is 42.5 Å². The van der Waals surface area contributed by atoms with E-state index in [2.05, 4.69) is 15.4 Å². The fourth-order valence-corrected chi connectivity index (χ4v) is 2.56. The minimum Gasteiger partial charge on any atom is -0.352 e. The van der Waals surface area contributed by atoms with Gasteiger partial charge < -0.3 is 5.32 Å². The highest BCUT2D eigenvalue weighted by Gasteiger charge is 2.05. The zero-order chi connectivity index (χ0) is 18.2. The Bertz CT molecular complexity index is 908. The number of nitrogens with zero attached hydrogens (tertiary/aromatic N) is 3. The predicted molar refractivity (Wildman–Crippen MR) is 99.3 cm³/mol. The van der Waals surface area contributed by atoms with Gasteiger partial charge in [0.05, 0.1) is 5.69 Å². The van der Waals surface area contributed by atoms with Crippen LogP contribution in [-0.2, 0) is 17.9 Å². The lowest BCUT2D eigenvalue weighted by molar-refractivity contribution is -0.121. The predicted octanol–water partition coefficient (Wildman–Crippen LogP) is 2.40. The maximum absolute atomic E-state index is 12.0. The molecule has 6 nitrogen and oxygen atoms in total. The summed E-state index contributed by atoms with van der Waals surface area (Å²) in [7, 11) is 0. The molecule has 26 heavy (non-hydrogen) atoms. The van der Waals surface area contributed by atoms with Crippen molar-refractivity contribution in [1.29, 1.82) is 0 Å². The van der Waals surface area contributed by atoms with Gasteiger partial charge in [0.1, 0.15) is 0 Å². The van der Waals surface area contributed by atoms with Crippen LogP contribution in [-0.4, -0.2) is 20.7 Å². The lowest BCUT2D eigenvalue weighted by Gasteiger charge is -2.08. The normalized spacial score (nSPS) is 10.5. The molecule has 0 radical (unpaired) electrons. The Kier molecular flexibility index (Phi) is 5.88. The topological polar surface area (TPSA) is 76.9 Å². The Labute approximate surface area is 151 Å². The lowest BCUT2D eigenvalue weighted by atomic mass is 10.2. The zero-order valence-corrected chi connectivity index (χ0v) is 14.3. The van der Waals surface area contributed by atoms with Gasteiger partial charge in [-0.3, -0.25) is 14.6 Å². The minimum absolute atomic E-state index is 0.0350. The van der Waals surface area contributed by atoms with Gasteiger partial charge in [0.25, 0.3) is 5.56 Å². The molecule has 2 aromatic heterocycles. The highest BCUT2D eigenvalue weighted by Crippen LogP contribution is 2.13. The minimum atomic E-state index is -0.174. The van der Waals surface area contributed by atoms with Gasteiger partial charge in [-0.1, -0.05) is 30.3 Å². The second-order valence-electron chi connectivity index (χ2n) is 5.88. The van der Waals surface area contributed by atoms with Crippen LogP contribution < -0.4 is 10.9 Å². The van der Waals surface area contributed by atoms with Crippen LogP contribution in [0.2, 0.25) is 0 Å². The van der Waals surface area contributed by atoms with E-state index in [-0.39, 0.29) is 11.5 Å². The average Bonchev–Trinajstić information content (AvgIpc) is 2.69. The summed E-state index contributed by atoms with van der Waals surface area (Å²) in [5.74, 6) is -0.0350. The highest BCUT2D eigenvalue weighted by molar-refractivity contribution is 5.75. The highest BCUT2D eigenvalue weighted by atomic mass is 16.1. The monoisotopic (exact) mass is 348 g/mol. The number of amides is 1. The summed E-state index contributed by atoms with van der Waals surface area (Å²) in [6.07, 6.45) is 4.26. The van der Waals surface area contributed by atoms with E-state index < -0.39 is 0 Å². The Balaban J connectivity index is 1.53. The van der Waals surface area contributed by atoms with E-state index >= 15 is 0 Å². The second kappa shape index (κ2) is 8.71. The number of benzene rings is 1. The molecule has 1 N–H and O–H groups in total.